The van der Waals surface area contributed by atoms with Crippen LogP contribution in [-0.4, -0.2) is 39.5 Å². The maximum atomic E-state index is 14.9. The average Bonchev–Trinajstić information content (AvgIpc) is 3.62. The topological polar surface area (TPSA) is 111 Å². The Morgan fingerprint density at radius 1 is 1.28 bits per heavy atom. The summed E-state index contributed by atoms with van der Waals surface area (Å²) in [5, 5.41) is 22.5. The normalized spacial score (nSPS) is 18.6. The molecule has 0 amide bonds. The predicted molar refractivity (Wildman–Crippen MR) is 130 cm³/mol. The number of hydrogen-bond donors (Lipinski definition) is 2. The van der Waals surface area contributed by atoms with E-state index in [2.05, 4.69) is 10.3 Å². The van der Waals surface area contributed by atoms with Crippen LogP contribution < -0.4 is 15.8 Å². The number of rotatable bonds is 5. The number of aromatic nitrogens is 2. The highest BCUT2D eigenvalue weighted by Crippen LogP contribution is 2.61. The van der Waals surface area contributed by atoms with Gasteiger partial charge in [0.2, 0.25) is 0 Å². The number of carboxylic acid groups (broad SMARTS) is 1. The molecule has 3 heterocycles. The second-order valence-corrected chi connectivity index (χ2v) is 9.77. The van der Waals surface area contributed by atoms with Crippen LogP contribution in [0.2, 0.25) is 0 Å². The fourth-order valence-electron chi connectivity index (χ4n) is 5.11. The molecule has 2 aliphatic rings. The zero-order valence-electron chi connectivity index (χ0n) is 19.9. The molecule has 36 heavy (non-hydrogen) atoms. The number of carbonyl (C=O) groups is 1. The Labute approximate surface area is 205 Å². The first-order valence-electron chi connectivity index (χ1n) is 11.8. The third kappa shape index (κ3) is 3.75. The van der Waals surface area contributed by atoms with Crippen molar-refractivity contribution in [3.8, 4) is 6.07 Å². The van der Waals surface area contributed by atoms with Crippen LogP contribution in [-0.2, 0) is 0 Å². The SMILES string of the molecule is Cc1cc([C@@H](C)Nc2ccccc2C(=O)O)c2nc(N3CCC4(CC4)C(F)(F)C3)c(C#N)c(=O)n2c1. The maximum Gasteiger partial charge on any atom is 0.337 e. The van der Waals surface area contributed by atoms with E-state index in [0.29, 0.717) is 24.1 Å². The number of nitriles is 1. The van der Waals surface area contributed by atoms with Crippen LogP contribution in [0.25, 0.3) is 5.65 Å². The summed E-state index contributed by atoms with van der Waals surface area (Å²) in [7, 11) is 0. The van der Waals surface area contributed by atoms with Crippen molar-refractivity contribution in [1.29, 1.82) is 5.26 Å². The molecule has 8 nitrogen and oxygen atoms in total. The lowest BCUT2D eigenvalue weighted by molar-refractivity contribution is -0.0795. The van der Waals surface area contributed by atoms with Crippen LogP contribution in [0.5, 0.6) is 0 Å². The van der Waals surface area contributed by atoms with Crippen molar-refractivity contribution in [2.24, 2.45) is 5.41 Å². The van der Waals surface area contributed by atoms with Gasteiger partial charge >= 0.3 is 5.97 Å². The maximum absolute atomic E-state index is 14.9. The van der Waals surface area contributed by atoms with Gasteiger partial charge in [-0.2, -0.15) is 5.26 Å². The summed E-state index contributed by atoms with van der Waals surface area (Å²) in [6, 6.07) is 9.65. The molecule has 2 aromatic heterocycles. The highest BCUT2D eigenvalue weighted by atomic mass is 19.3. The monoisotopic (exact) mass is 493 g/mol. The Hall–Kier alpha value is -4.00. The number of aryl methyl sites for hydroxylation is 1. The van der Waals surface area contributed by atoms with Gasteiger partial charge in [-0.05, 0) is 56.9 Å². The molecule has 1 saturated carbocycles. The van der Waals surface area contributed by atoms with Crippen LogP contribution in [0.1, 0.15) is 59.3 Å². The first kappa shape index (κ1) is 23.7. The van der Waals surface area contributed by atoms with Crippen LogP contribution in [0.4, 0.5) is 20.3 Å². The second-order valence-electron chi connectivity index (χ2n) is 9.77. The summed E-state index contributed by atoms with van der Waals surface area (Å²) >= 11 is 0. The highest BCUT2D eigenvalue weighted by molar-refractivity contribution is 5.94. The fraction of sp³-hybridized carbons (Fsp3) is 0.385. The van der Waals surface area contributed by atoms with Crippen molar-refractivity contribution >= 4 is 23.1 Å². The molecule has 0 unspecified atom stereocenters. The number of alkyl halides is 2. The van der Waals surface area contributed by atoms with E-state index in [9.17, 15) is 28.7 Å². The summed E-state index contributed by atoms with van der Waals surface area (Å²) < 4.78 is 31.1. The van der Waals surface area contributed by atoms with E-state index in [4.69, 9.17) is 0 Å². The third-order valence-corrected chi connectivity index (χ3v) is 7.36. The lowest BCUT2D eigenvalue weighted by atomic mass is 9.89. The number of aromatic carboxylic acids is 1. The van der Waals surface area contributed by atoms with Gasteiger partial charge in [-0.3, -0.25) is 9.20 Å². The van der Waals surface area contributed by atoms with Crippen LogP contribution in [0, 0.1) is 23.7 Å². The minimum absolute atomic E-state index is 0.0408. The molecule has 0 radical (unpaired) electrons. The lowest BCUT2D eigenvalue weighted by Crippen LogP contribution is -2.50. The van der Waals surface area contributed by atoms with Gasteiger partial charge in [-0.1, -0.05) is 12.1 Å². The number of para-hydroxylation sites is 1. The zero-order chi connectivity index (χ0) is 25.8. The summed E-state index contributed by atoms with van der Waals surface area (Å²) in [6.07, 6.45) is 2.80. The standard InChI is InChI=1S/C26H25F2N5O3/c1-15-11-18(16(2)30-20-6-4-3-5-17(20)24(35)36)22-31-21(19(12-29)23(34)33(22)13-15)32-10-9-25(7-8-25)26(27,28)14-32/h3-6,11,13,16,30H,7-10,14H2,1-2H3,(H,35,36)/t16-/m1/s1. The van der Waals surface area contributed by atoms with Crippen molar-refractivity contribution in [3.63, 3.8) is 0 Å². The molecule has 10 heteroatoms. The van der Waals surface area contributed by atoms with E-state index < -0.39 is 35.5 Å². The van der Waals surface area contributed by atoms with Crippen molar-refractivity contribution < 1.29 is 18.7 Å². The van der Waals surface area contributed by atoms with E-state index in [0.717, 1.165) is 5.56 Å². The third-order valence-electron chi connectivity index (χ3n) is 7.36. The van der Waals surface area contributed by atoms with Gasteiger partial charge < -0.3 is 15.3 Å². The Morgan fingerprint density at radius 3 is 2.64 bits per heavy atom. The summed E-state index contributed by atoms with van der Waals surface area (Å²) in [4.78, 5) is 30.9. The Bertz CT molecular complexity index is 1490. The number of piperidine rings is 1. The number of nitrogens with zero attached hydrogens (tertiary/aromatic N) is 4. The van der Waals surface area contributed by atoms with Gasteiger partial charge in [0.05, 0.1) is 18.2 Å². The molecule has 186 valence electrons. The van der Waals surface area contributed by atoms with Crippen molar-refractivity contribution in [2.75, 3.05) is 23.3 Å². The molecule has 1 aliphatic heterocycles. The molecule has 0 bridgehead atoms. The van der Waals surface area contributed by atoms with E-state index in [1.165, 1.54) is 15.4 Å². The molecule has 1 spiro atoms. The zero-order valence-corrected chi connectivity index (χ0v) is 19.9. The number of hydrogen-bond acceptors (Lipinski definition) is 6. The smallest absolute Gasteiger partial charge is 0.337 e. The minimum atomic E-state index is -2.93. The molecular weight excluding hydrogens is 468 g/mol. The van der Waals surface area contributed by atoms with Gasteiger partial charge in [0.15, 0.2) is 11.4 Å². The molecule has 2 fully saturated rings. The summed E-state index contributed by atoms with van der Waals surface area (Å²) in [6.45, 7) is 3.27. The number of halogens is 2. The minimum Gasteiger partial charge on any atom is -0.478 e. The Kier molecular flexibility index (Phi) is 5.47. The molecule has 1 atom stereocenters. The molecule has 1 aliphatic carbocycles. The van der Waals surface area contributed by atoms with E-state index >= 15 is 0 Å². The summed E-state index contributed by atoms with van der Waals surface area (Å²) in [5.41, 5.74) is 0.114. The number of anilines is 2. The largest absolute Gasteiger partial charge is 0.478 e. The molecule has 5 rings (SSSR count). The average molecular weight is 494 g/mol. The van der Waals surface area contributed by atoms with Crippen LogP contribution in [0.15, 0.2) is 41.3 Å². The molecular formula is C26H25F2N5O3. The van der Waals surface area contributed by atoms with Crippen molar-refractivity contribution in [2.45, 2.75) is 45.1 Å². The Morgan fingerprint density at radius 2 is 2.00 bits per heavy atom. The van der Waals surface area contributed by atoms with Crippen LogP contribution >= 0.6 is 0 Å². The van der Waals surface area contributed by atoms with Crippen molar-refractivity contribution in [1.82, 2.24) is 9.38 Å². The number of benzene rings is 1. The first-order valence-corrected chi connectivity index (χ1v) is 11.8. The predicted octanol–water partition coefficient (Wildman–Crippen LogP) is 4.37. The van der Waals surface area contributed by atoms with Gasteiger partial charge in [-0.15, -0.1) is 0 Å². The van der Waals surface area contributed by atoms with Gasteiger partial charge in [-0.25, -0.2) is 18.6 Å². The quantitative estimate of drug-likeness (QED) is 0.543. The molecule has 1 aromatic carbocycles. The highest BCUT2D eigenvalue weighted by Gasteiger charge is 2.64. The molecule has 2 N–H and O–H groups in total. The van der Waals surface area contributed by atoms with Gasteiger partial charge in [0.25, 0.3) is 11.5 Å². The molecule has 3 aromatic rings. The molecule has 1 saturated heterocycles. The van der Waals surface area contributed by atoms with Gasteiger partial charge in [0.1, 0.15) is 11.7 Å². The van der Waals surface area contributed by atoms with Gasteiger partial charge in [0, 0.05) is 29.4 Å². The number of carboxylic acids is 1. The van der Waals surface area contributed by atoms with Crippen LogP contribution in [0.3, 0.4) is 0 Å². The van der Waals surface area contributed by atoms with E-state index in [1.807, 2.05) is 12.1 Å². The number of pyridine rings is 1. The number of fused-ring (bicyclic) bond motifs is 1. The van der Waals surface area contributed by atoms with Crippen molar-refractivity contribution in [3.05, 3.63) is 69.1 Å². The van der Waals surface area contributed by atoms with E-state index in [1.54, 1.807) is 38.2 Å². The fourth-order valence-corrected chi connectivity index (χ4v) is 5.11. The Balaban J connectivity index is 1.62. The lowest BCUT2D eigenvalue weighted by Gasteiger charge is -2.39. The number of nitrogens with one attached hydrogen (secondary N) is 1. The second kappa shape index (κ2) is 8.29. The first-order chi connectivity index (χ1) is 17.1. The summed E-state index contributed by atoms with van der Waals surface area (Å²) in [5.74, 6) is -4.06. The van der Waals surface area contributed by atoms with E-state index in [-0.39, 0.29) is 35.6 Å².